The van der Waals surface area contributed by atoms with Crippen LogP contribution in [0.4, 0.5) is 8.78 Å². The molecule has 0 radical (unpaired) electrons. The Hall–Kier alpha value is -1.53. The first-order chi connectivity index (χ1) is 11.0. The van der Waals surface area contributed by atoms with Crippen molar-refractivity contribution in [3.63, 3.8) is 0 Å². The Morgan fingerprint density at radius 2 is 1.78 bits per heavy atom. The molecule has 4 fully saturated rings. The van der Waals surface area contributed by atoms with Crippen molar-refractivity contribution in [2.45, 2.75) is 30.8 Å². The van der Waals surface area contributed by atoms with Crippen molar-refractivity contribution in [3.05, 3.63) is 35.4 Å². The molecule has 4 nitrogen and oxygen atoms in total. The number of piperidine rings is 3. The van der Waals surface area contributed by atoms with Gasteiger partial charge in [0.15, 0.2) is 0 Å². The number of benzene rings is 1. The Labute approximate surface area is 133 Å². The quantitative estimate of drug-likeness (QED) is 0.923. The first kappa shape index (κ1) is 15.0. The highest BCUT2D eigenvalue weighted by atomic mass is 19.1. The van der Waals surface area contributed by atoms with Crippen molar-refractivity contribution < 1.29 is 18.7 Å². The highest BCUT2D eigenvalue weighted by Crippen LogP contribution is 2.46. The Morgan fingerprint density at radius 3 is 2.39 bits per heavy atom. The van der Waals surface area contributed by atoms with Gasteiger partial charge in [0.05, 0.1) is 6.54 Å². The molecule has 0 spiro atoms. The maximum atomic E-state index is 13.6. The van der Waals surface area contributed by atoms with Gasteiger partial charge in [-0.2, -0.15) is 0 Å². The molecule has 4 aliphatic rings. The van der Waals surface area contributed by atoms with E-state index in [-0.39, 0.29) is 24.5 Å². The molecule has 0 aromatic heterocycles. The number of carboxylic acids is 1. The molecule has 3 atom stereocenters. The Bertz CT molecular complexity index is 611. The molecule has 0 unspecified atom stereocenters. The van der Waals surface area contributed by atoms with E-state index in [9.17, 15) is 18.7 Å². The predicted octanol–water partition coefficient (Wildman–Crippen LogP) is 1.91. The van der Waals surface area contributed by atoms with Gasteiger partial charge in [-0.25, -0.2) is 8.78 Å². The van der Waals surface area contributed by atoms with E-state index in [0.717, 1.165) is 32.0 Å². The van der Waals surface area contributed by atoms with Crippen LogP contribution in [0.1, 0.15) is 24.3 Å². The zero-order chi connectivity index (χ0) is 16.1. The van der Waals surface area contributed by atoms with E-state index in [1.165, 1.54) is 12.1 Å². The average molecular weight is 322 g/mol. The van der Waals surface area contributed by atoms with Crippen LogP contribution in [-0.4, -0.2) is 59.1 Å². The van der Waals surface area contributed by atoms with Gasteiger partial charge in [0, 0.05) is 30.6 Å². The van der Waals surface area contributed by atoms with Gasteiger partial charge in [-0.1, -0.05) is 0 Å². The van der Waals surface area contributed by atoms with E-state index in [2.05, 4.69) is 4.90 Å². The first-order valence-electron chi connectivity index (χ1n) is 8.19. The number of rotatable bonds is 3. The van der Waals surface area contributed by atoms with Crippen LogP contribution < -0.4 is 0 Å². The lowest BCUT2D eigenvalue weighted by Gasteiger charge is -2.51. The van der Waals surface area contributed by atoms with Crippen LogP contribution in [0.5, 0.6) is 0 Å². The maximum Gasteiger partial charge on any atom is 0.317 e. The fourth-order valence-corrected chi connectivity index (χ4v) is 4.98. The molecule has 1 aromatic rings. The third-order valence-electron chi connectivity index (χ3n) is 5.75. The molecule has 6 heteroatoms. The molecule has 2 bridgehead atoms. The fourth-order valence-electron chi connectivity index (χ4n) is 4.98. The second-order valence-electron chi connectivity index (χ2n) is 6.99. The summed E-state index contributed by atoms with van der Waals surface area (Å²) in [5.41, 5.74) is 0.651. The van der Waals surface area contributed by atoms with Gasteiger partial charge in [0.25, 0.3) is 0 Å². The summed E-state index contributed by atoms with van der Waals surface area (Å²) in [5.74, 6) is -1.51. The lowest BCUT2D eigenvalue weighted by molar-refractivity contribution is -0.139. The summed E-state index contributed by atoms with van der Waals surface area (Å²) in [6, 6.07) is 4.04. The molecule has 4 aliphatic heterocycles. The number of nitrogens with zero attached hydrogens (tertiary/aromatic N) is 2. The van der Waals surface area contributed by atoms with Crippen LogP contribution in [0.3, 0.4) is 0 Å². The van der Waals surface area contributed by atoms with E-state index < -0.39 is 17.6 Å². The van der Waals surface area contributed by atoms with Gasteiger partial charge in [-0.3, -0.25) is 14.6 Å². The van der Waals surface area contributed by atoms with Crippen molar-refractivity contribution in [1.82, 2.24) is 9.80 Å². The summed E-state index contributed by atoms with van der Waals surface area (Å²) in [7, 11) is 0. The van der Waals surface area contributed by atoms with Gasteiger partial charge in [0.2, 0.25) is 0 Å². The zero-order valence-electron chi connectivity index (χ0n) is 12.8. The highest BCUT2D eigenvalue weighted by molar-refractivity contribution is 5.69. The highest BCUT2D eigenvalue weighted by Gasteiger charge is 2.53. The minimum absolute atomic E-state index is 0.000194. The predicted molar refractivity (Wildman–Crippen MR) is 80.2 cm³/mol. The second-order valence-corrected chi connectivity index (χ2v) is 6.99. The Balaban J connectivity index is 1.70. The number of hydrogen-bond donors (Lipinski definition) is 1. The van der Waals surface area contributed by atoms with Crippen LogP contribution in [-0.2, 0) is 4.79 Å². The van der Waals surface area contributed by atoms with Gasteiger partial charge >= 0.3 is 5.97 Å². The number of likely N-dealkylation sites (tertiary alicyclic amines) is 1. The molecule has 0 amide bonds. The zero-order valence-corrected chi connectivity index (χ0v) is 12.8. The average Bonchev–Trinajstić information content (AvgIpc) is 2.88. The van der Waals surface area contributed by atoms with E-state index in [0.29, 0.717) is 18.0 Å². The van der Waals surface area contributed by atoms with Crippen molar-refractivity contribution >= 4 is 5.97 Å². The van der Waals surface area contributed by atoms with E-state index in [4.69, 9.17) is 0 Å². The monoisotopic (exact) mass is 322 g/mol. The molecule has 5 rings (SSSR count). The molecule has 23 heavy (non-hydrogen) atoms. The van der Waals surface area contributed by atoms with Gasteiger partial charge in [-0.15, -0.1) is 0 Å². The Kier molecular flexibility index (Phi) is 3.61. The van der Waals surface area contributed by atoms with Crippen LogP contribution >= 0.6 is 0 Å². The van der Waals surface area contributed by atoms with Crippen molar-refractivity contribution in [2.75, 3.05) is 26.2 Å². The van der Waals surface area contributed by atoms with Gasteiger partial charge < -0.3 is 5.11 Å². The smallest absolute Gasteiger partial charge is 0.317 e. The van der Waals surface area contributed by atoms with Gasteiger partial charge in [0.1, 0.15) is 11.6 Å². The third-order valence-corrected chi connectivity index (χ3v) is 5.75. The van der Waals surface area contributed by atoms with Crippen molar-refractivity contribution in [3.8, 4) is 0 Å². The molecule has 0 saturated carbocycles. The first-order valence-corrected chi connectivity index (χ1v) is 8.19. The van der Waals surface area contributed by atoms with E-state index in [1.54, 1.807) is 0 Å². The van der Waals surface area contributed by atoms with Crippen molar-refractivity contribution in [2.24, 2.45) is 5.92 Å². The van der Waals surface area contributed by atoms with Crippen LogP contribution in [0, 0.1) is 17.6 Å². The summed E-state index contributed by atoms with van der Waals surface area (Å²) < 4.78 is 27.3. The molecule has 124 valence electrons. The summed E-state index contributed by atoms with van der Waals surface area (Å²) in [6.45, 7) is 2.55. The van der Waals surface area contributed by atoms with Crippen LogP contribution in [0.2, 0.25) is 0 Å². The molecule has 4 heterocycles. The van der Waals surface area contributed by atoms with Crippen LogP contribution in [0.15, 0.2) is 18.2 Å². The summed E-state index contributed by atoms with van der Waals surface area (Å²) in [5, 5.41) is 9.20. The number of carbonyl (C=O) groups is 1. The fraction of sp³-hybridized carbons (Fsp3) is 0.588. The topological polar surface area (TPSA) is 43.8 Å². The molecular weight excluding hydrogens is 302 g/mol. The lowest BCUT2D eigenvalue weighted by Crippen LogP contribution is -2.60. The van der Waals surface area contributed by atoms with Gasteiger partial charge in [-0.05, 0) is 49.5 Å². The number of aliphatic carboxylic acids is 1. The maximum absolute atomic E-state index is 13.6. The summed E-state index contributed by atoms with van der Waals surface area (Å²) in [6.07, 6.45) is 2.17. The third kappa shape index (κ3) is 2.54. The minimum Gasteiger partial charge on any atom is -0.480 e. The van der Waals surface area contributed by atoms with Crippen molar-refractivity contribution in [1.29, 1.82) is 0 Å². The second kappa shape index (κ2) is 5.53. The van der Waals surface area contributed by atoms with E-state index >= 15 is 0 Å². The number of carboxylic acid groups (broad SMARTS) is 1. The SMILES string of the molecule is O=C(O)CN1C[C@H](c2cc(F)cc(F)c2)[C@H]2[C@@H]1C1CCN2CC1. The molecular formula is C17H20F2N2O2. The number of fused-ring (bicyclic) bond motifs is 2. The van der Waals surface area contributed by atoms with Crippen LogP contribution in [0.25, 0.3) is 0 Å². The Morgan fingerprint density at radius 1 is 1.13 bits per heavy atom. The molecule has 4 saturated heterocycles. The summed E-state index contributed by atoms with van der Waals surface area (Å²) >= 11 is 0. The largest absolute Gasteiger partial charge is 0.480 e. The summed E-state index contributed by atoms with van der Waals surface area (Å²) in [4.78, 5) is 15.6. The lowest BCUT2D eigenvalue weighted by atomic mass is 9.75. The molecule has 1 N–H and O–H groups in total. The normalized spacial score (nSPS) is 36.2. The molecule has 0 aliphatic carbocycles. The molecule has 1 aromatic carbocycles. The standard InChI is InChI=1S/C17H20F2N2O2/c18-12-5-11(6-13(19)7-12)14-8-21(9-15(22)23)16-10-1-3-20(4-2-10)17(14)16/h5-7,10,14,16-17H,1-4,8-9H2,(H,22,23)/t14-,16+,17+/m1/s1. The number of hydrogen-bond acceptors (Lipinski definition) is 3. The number of halogens is 2. The van der Waals surface area contributed by atoms with E-state index in [1.807, 2.05) is 4.90 Å². The minimum atomic E-state index is -0.841.